The summed E-state index contributed by atoms with van der Waals surface area (Å²) < 4.78 is 45.5. The number of alkyl halides is 3. The number of carbonyl (C=O) groups excluding carboxylic acids is 2. The van der Waals surface area contributed by atoms with Gasteiger partial charge in [-0.05, 0) is 59.0 Å². The van der Waals surface area contributed by atoms with Gasteiger partial charge in [-0.25, -0.2) is 4.40 Å². The molecular formula is C24H20BrClF3N3O2S. The van der Waals surface area contributed by atoms with Gasteiger partial charge in [-0.15, -0.1) is 0 Å². The van der Waals surface area contributed by atoms with Crippen LogP contribution in [-0.2, 0) is 9.54 Å². The van der Waals surface area contributed by atoms with Gasteiger partial charge >= 0.3 is 6.18 Å². The number of hydrogen-bond donors (Lipinski definition) is 0. The van der Waals surface area contributed by atoms with Crippen molar-refractivity contribution < 1.29 is 22.8 Å². The number of halogens is 5. The Hall–Kier alpha value is -2.30. The molecule has 2 heterocycles. The number of nitrogens with zero attached hydrogens (tertiary/aromatic N) is 3. The summed E-state index contributed by atoms with van der Waals surface area (Å²) in [4.78, 5) is 27.7. The molecule has 0 radical (unpaired) electrons. The van der Waals surface area contributed by atoms with Crippen LogP contribution in [0.5, 0.6) is 0 Å². The molecule has 1 saturated heterocycles. The van der Waals surface area contributed by atoms with E-state index in [1.54, 1.807) is 30.0 Å². The summed E-state index contributed by atoms with van der Waals surface area (Å²) in [5.41, 5.74) is 1.58. The molecule has 1 unspecified atom stereocenters. The van der Waals surface area contributed by atoms with Crippen molar-refractivity contribution in [2.45, 2.75) is 30.7 Å². The van der Waals surface area contributed by atoms with Crippen molar-refractivity contribution in [1.82, 2.24) is 9.80 Å². The Bertz CT molecular complexity index is 1230. The van der Waals surface area contributed by atoms with E-state index in [-0.39, 0.29) is 41.4 Å². The van der Waals surface area contributed by atoms with Gasteiger partial charge in [0.05, 0.1) is 19.0 Å². The lowest BCUT2D eigenvalue weighted by atomic mass is 9.88. The van der Waals surface area contributed by atoms with Crippen LogP contribution >= 0.6 is 39.5 Å². The number of hydrogen-bond acceptors (Lipinski definition) is 4. The van der Waals surface area contributed by atoms with Crippen LogP contribution in [0.2, 0.25) is 5.02 Å². The quantitative estimate of drug-likeness (QED) is 0.369. The minimum absolute atomic E-state index is 0.00725. The van der Waals surface area contributed by atoms with E-state index in [0.29, 0.717) is 39.5 Å². The van der Waals surface area contributed by atoms with Crippen LogP contribution in [0.3, 0.4) is 0 Å². The Kier molecular flexibility index (Phi) is 7.09. The van der Waals surface area contributed by atoms with Gasteiger partial charge in [0, 0.05) is 27.9 Å². The minimum Gasteiger partial charge on any atom is -0.307 e. The molecule has 2 aliphatic heterocycles. The van der Waals surface area contributed by atoms with E-state index >= 15 is 0 Å². The number of benzene rings is 2. The summed E-state index contributed by atoms with van der Waals surface area (Å²) >= 11 is 9.73. The molecule has 0 aliphatic carbocycles. The third-order valence-corrected chi connectivity index (χ3v) is 7.89. The predicted octanol–water partition coefficient (Wildman–Crippen LogP) is 6.65. The lowest BCUT2D eigenvalue weighted by Gasteiger charge is -2.42. The summed E-state index contributed by atoms with van der Waals surface area (Å²) in [7, 11) is 0. The van der Waals surface area contributed by atoms with Crippen molar-refractivity contribution in [2.75, 3.05) is 13.3 Å². The highest BCUT2D eigenvalue weighted by Gasteiger charge is 2.60. The Labute approximate surface area is 218 Å². The summed E-state index contributed by atoms with van der Waals surface area (Å²) in [5.74, 6) is -0.312. The van der Waals surface area contributed by atoms with E-state index in [0.717, 1.165) is 0 Å². The molecule has 4 rings (SSSR count). The third-order valence-electron chi connectivity index (χ3n) is 5.98. The van der Waals surface area contributed by atoms with Crippen LogP contribution < -0.4 is 0 Å². The highest BCUT2D eigenvalue weighted by Crippen LogP contribution is 2.57. The molecule has 0 saturated carbocycles. The van der Waals surface area contributed by atoms with Crippen LogP contribution in [0.1, 0.15) is 46.8 Å². The highest BCUT2D eigenvalue weighted by atomic mass is 79.9. The van der Waals surface area contributed by atoms with Crippen LogP contribution in [0.4, 0.5) is 13.2 Å². The zero-order chi connectivity index (χ0) is 25.5. The fourth-order valence-electron chi connectivity index (χ4n) is 4.00. The maximum absolute atomic E-state index is 14.4. The van der Waals surface area contributed by atoms with E-state index in [1.165, 1.54) is 29.2 Å². The monoisotopic (exact) mass is 585 g/mol. The Morgan fingerprint density at radius 2 is 1.94 bits per heavy atom. The fourth-order valence-corrected chi connectivity index (χ4v) is 5.83. The van der Waals surface area contributed by atoms with Crippen LogP contribution in [0, 0.1) is 0 Å². The van der Waals surface area contributed by atoms with E-state index in [2.05, 4.69) is 26.9 Å². The molecule has 2 aliphatic rings. The summed E-state index contributed by atoms with van der Waals surface area (Å²) in [6.45, 7) is 5.92. The topological polar surface area (TPSA) is 53.0 Å². The molecule has 1 atom stereocenters. The predicted molar refractivity (Wildman–Crippen MR) is 135 cm³/mol. The van der Waals surface area contributed by atoms with Crippen molar-refractivity contribution in [1.29, 1.82) is 0 Å². The van der Waals surface area contributed by atoms with Gasteiger partial charge in [-0.1, -0.05) is 53.2 Å². The standard InChI is InChI=1S/C24H20BrClF3N3O2S/c1-3-14-7-15(5-6-19(14)22(34)32-12-31(13-32)21(33)4-2)20-11-23(35-30-20,24(27,28)29)16-8-17(25)10-18(26)9-16/h3,5-10H,1,4,11-13H2,2H3. The van der Waals surface area contributed by atoms with Crippen molar-refractivity contribution in [3.8, 4) is 0 Å². The third kappa shape index (κ3) is 4.75. The first-order valence-corrected chi connectivity index (χ1v) is 12.6. The summed E-state index contributed by atoms with van der Waals surface area (Å²) in [5, 5.41) is 0.189. The van der Waals surface area contributed by atoms with E-state index < -0.39 is 17.3 Å². The molecule has 2 aromatic rings. The van der Waals surface area contributed by atoms with E-state index in [9.17, 15) is 22.8 Å². The molecule has 0 bridgehead atoms. The second kappa shape index (κ2) is 9.63. The first-order chi connectivity index (χ1) is 16.5. The average Bonchev–Trinajstić information content (AvgIpc) is 3.24. The molecule has 2 aromatic carbocycles. The maximum Gasteiger partial charge on any atom is 0.409 e. The number of amides is 2. The second-order valence-corrected chi connectivity index (χ2v) is 10.6. The van der Waals surface area contributed by atoms with Gasteiger partial charge in [-0.2, -0.15) is 13.2 Å². The first-order valence-electron chi connectivity index (χ1n) is 10.6. The molecule has 184 valence electrons. The average molecular weight is 587 g/mol. The SMILES string of the molecule is C=Cc1cc(C2=NSC(c3cc(Cl)cc(Br)c3)(C(F)(F)F)C2)ccc1C(=O)N1CN(C(=O)CC)C1. The van der Waals surface area contributed by atoms with Crippen molar-refractivity contribution in [3.05, 3.63) is 74.7 Å². The van der Waals surface area contributed by atoms with Gasteiger partial charge < -0.3 is 9.80 Å². The lowest BCUT2D eigenvalue weighted by molar-refractivity contribution is -0.159. The van der Waals surface area contributed by atoms with E-state index in [4.69, 9.17) is 11.6 Å². The summed E-state index contributed by atoms with van der Waals surface area (Å²) in [6.07, 6.45) is -3.14. The van der Waals surface area contributed by atoms with Crippen molar-refractivity contribution in [3.63, 3.8) is 0 Å². The van der Waals surface area contributed by atoms with E-state index in [1.807, 2.05) is 0 Å². The zero-order valence-electron chi connectivity index (χ0n) is 18.5. The molecule has 0 spiro atoms. The molecule has 5 nitrogen and oxygen atoms in total. The normalized spacial score (nSPS) is 19.9. The molecule has 11 heteroatoms. The highest BCUT2D eigenvalue weighted by molar-refractivity contribution is 9.10. The van der Waals surface area contributed by atoms with Crippen LogP contribution in [0.25, 0.3) is 6.08 Å². The second-order valence-electron chi connectivity index (χ2n) is 8.21. The van der Waals surface area contributed by atoms with Crippen LogP contribution in [0.15, 0.2) is 51.8 Å². The molecule has 35 heavy (non-hydrogen) atoms. The lowest BCUT2D eigenvalue weighted by Crippen LogP contribution is -2.59. The minimum atomic E-state index is -4.59. The van der Waals surface area contributed by atoms with Gasteiger partial charge in [0.1, 0.15) is 0 Å². The first kappa shape index (κ1) is 25.8. The smallest absolute Gasteiger partial charge is 0.307 e. The Balaban J connectivity index is 1.60. The molecule has 0 N–H and O–H groups in total. The molecular weight excluding hydrogens is 567 g/mol. The largest absolute Gasteiger partial charge is 0.409 e. The van der Waals surface area contributed by atoms with Crippen molar-refractivity contribution in [2.24, 2.45) is 4.40 Å². The Morgan fingerprint density at radius 1 is 1.23 bits per heavy atom. The zero-order valence-corrected chi connectivity index (χ0v) is 21.7. The van der Waals surface area contributed by atoms with Crippen LogP contribution in [-0.4, -0.2) is 46.8 Å². The molecule has 1 fully saturated rings. The van der Waals surface area contributed by atoms with Crippen molar-refractivity contribution >= 4 is 63.1 Å². The number of carbonyl (C=O) groups is 2. The number of rotatable bonds is 5. The maximum atomic E-state index is 14.4. The van der Waals surface area contributed by atoms with Gasteiger partial charge in [0.2, 0.25) is 5.91 Å². The molecule has 2 amide bonds. The Morgan fingerprint density at radius 3 is 2.54 bits per heavy atom. The van der Waals surface area contributed by atoms with Gasteiger partial charge in [0.15, 0.2) is 4.75 Å². The molecule has 0 aromatic heterocycles. The fraction of sp³-hybridized carbons (Fsp3) is 0.292. The van der Waals surface area contributed by atoms with Gasteiger partial charge in [-0.3, -0.25) is 9.59 Å². The summed E-state index contributed by atoms with van der Waals surface area (Å²) in [6, 6.07) is 9.01. The van der Waals surface area contributed by atoms with Gasteiger partial charge in [0.25, 0.3) is 5.91 Å².